The Hall–Kier alpha value is -1.98. The van der Waals surface area contributed by atoms with Crippen LogP contribution in [0.3, 0.4) is 0 Å². The van der Waals surface area contributed by atoms with Gasteiger partial charge in [-0.2, -0.15) is 5.10 Å². The lowest BCUT2D eigenvalue weighted by Crippen LogP contribution is -2.24. The van der Waals surface area contributed by atoms with Crippen molar-refractivity contribution in [3.8, 4) is 11.5 Å². The van der Waals surface area contributed by atoms with Crippen LogP contribution in [0.1, 0.15) is 5.56 Å². The molecule has 0 bridgehead atoms. The number of phenols is 1. The zero-order valence-corrected chi connectivity index (χ0v) is 17.5. The minimum Gasteiger partial charge on any atom is -0.502 e. The number of ether oxygens (including phenoxy) is 1. The molecule has 0 fully saturated rings. The average Bonchev–Trinajstić information content (AvgIpc) is 2.56. The van der Waals surface area contributed by atoms with Crippen molar-refractivity contribution in [2.45, 2.75) is 0 Å². The molecule has 0 aliphatic carbocycles. The standard InChI is InChI=1S/C15H10Br3N3O5/c16-9-1-2-13(11(18)4-9)26-7-14(22)20-19-6-8-3-10(17)5-12(15(8)23)21(24)25/h1-6,23H,7H2,(H,20,22)/b19-6+. The maximum atomic E-state index is 11.8. The Morgan fingerprint density at radius 3 is 2.65 bits per heavy atom. The first kappa shape index (κ1) is 20.3. The lowest BCUT2D eigenvalue weighted by Gasteiger charge is -2.07. The first-order chi connectivity index (χ1) is 12.3. The average molecular weight is 552 g/mol. The number of aromatic hydroxyl groups is 1. The molecule has 0 atom stereocenters. The number of phenolic OH excluding ortho intramolecular Hbond substituents is 1. The van der Waals surface area contributed by atoms with Crippen molar-refractivity contribution in [1.29, 1.82) is 0 Å². The molecule has 2 aromatic carbocycles. The van der Waals surface area contributed by atoms with Crippen LogP contribution in [0.4, 0.5) is 5.69 Å². The molecule has 0 heterocycles. The van der Waals surface area contributed by atoms with Crippen LogP contribution in [0, 0.1) is 10.1 Å². The van der Waals surface area contributed by atoms with E-state index in [-0.39, 0.29) is 12.2 Å². The first-order valence-electron chi connectivity index (χ1n) is 6.84. The molecule has 0 unspecified atom stereocenters. The van der Waals surface area contributed by atoms with E-state index in [0.29, 0.717) is 14.7 Å². The Labute approximate surface area is 172 Å². The molecule has 0 saturated carbocycles. The number of nitro benzene ring substituents is 1. The maximum absolute atomic E-state index is 11.8. The summed E-state index contributed by atoms with van der Waals surface area (Å²) in [6.45, 7) is -0.289. The summed E-state index contributed by atoms with van der Waals surface area (Å²) in [5.74, 6) is -0.612. The second kappa shape index (κ2) is 9.10. The summed E-state index contributed by atoms with van der Waals surface area (Å²) in [4.78, 5) is 21.9. The van der Waals surface area contributed by atoms with E-state index >= 15 is 0 Å². The highest BCUT2D eigenvalue weighted by Gasteiger charge is 2.17. The largest absolute Gasteiger partial charge is 0.502 e. The summed E-state index contributed by atoms with van der Waals surface area (Å²) in [6, 6.07) is 7.80. The van der Waals surface area contributed by atoms with Crippen LogP contribution in [-0.4, -0.2) is 28.8 Å². The molecule has 8 nitrogen and oxygen atoms in total. The van der Waals surface area contributed by atoms with Crippen LogP contribution in [0.5, 0.6) is 11.5 Å². The molecule has 2 rings (SSSR count). The number of carbonyl (C=O) groups excluding carboxylic acids is 1. The molecule has 11 heteroatoms. The van der Waals surface area contributed by atoms with E-state index in [1.54, 1.807) is 18.2 Å². The van der Waals surface area contributed by atoms with E-state index in [1.165, 1.54) is 6.07 Å². The zero-order valence-electron chi connectivity index (χ0n) is 12.8. The predicted octanol–water partition coefficient (Wildman–Crippen LogP) is 4.12. The molecule has 0 spiro atoms. The first-order valence-corrected chi connectivity index (χ1v) is 9.22. The number of hydrazone groups is 1. The highest BCUT2D eigenvalue weighted by molar-refractivity contribution is 9.11. The SMILES string of the molecule is O=C(COc1ccc(Br)cc1Br)N/N=C/c1cc(Br)cc([N+](=O)[O-])c1O. The molecule has 0 saturated heterocycles. The third-order valence-electron chi connectivity index (χ3n) is 2.93. The molecule has 26 heavy (non-hydrogen) atoms. The van der Waals surface area contributed by atoms with Crippen molar-refractivity contribution in [2.24, 2.45) is 5.10 Å². The fourth-order valence-electron chi connectivity index (χ4n) is 1.78. The number of amides is 1. The zero-order chi connectivity index (χ0) is 19.3. The Bertz CT molecular complexity index is 889. The number of halogens is 3. The van der Waals surface area contributed by atoms with Gasteiger partial charge in [0, 0.05) is 20.6 Å². The lowest BCUT2D eigenvalue weighted by atomic mass is 10.2. The summed E-state index contributed by atoms with van der Waals surface area (Å²) in [5.41, 5.74) is 1.81. The van der Waals surface area contributed by atoms with Crippen LogP contribution in [0.2, 0.25) is 0 Å². The molecule has 2 N–H and O–H groups in total. The summed E-state index contributed by atoms with van der Waals surface area (Å²) in [6.07, 6.45) is 1.10. The van der Waals surface area contributed by atoms with E-state index in [4.69, 9.17) is 4.74 Å². The monoisotopic (exact) mass is 549 g/mol. The van der Waals surface area contributed by atoms with Crippen LogP contribution in [0.25, 0.3) is 0 Å². The molecule has 0 aliphatic heterocycles. The fourth-order valence-corrected chi connectivity index (χ4v) is 3.41. The van der Waals surface area contributed by atoms with Crippen molar-refractivity contribution >= 4 is 65.6 Å². The van der Waals surface area contributed by atoms with Gasteiger partial charge in [0.15, 0.2) is 6.61 Å². The molecule has 0 aromatic heterocycles. The minimum atomic E-state index is -0.722. The highest BCUT2D eigenvalue weighted by Crippen LogP contribution is 2.32. The number of benzene rings is 2. The van der Waals surface area contributed by atoms with Gasteiger partial charge in [-0.05, 0) is 40.2 Å². The maximum Gasteiger partial charge on any atom is 0.312 e. The quantitative estimate of drug-likeness (QED) is 0.318. The van der Waals surface area contributed by atoms with E-state index in [2.05, 4.69) is 58.3 Å². The van der Waals surface area contributed by atoms with Crippen molar-refractivity contribution in [1.82, 2.24) is 5.43 Å². The van der Waals surface area contributed by atoms with Crippen LogP contribution >= 0.6 is 47.8 Å². The molecular weight excluding hydrogens is 542 g/mol. The van der Waals surface area contributed by atoms with Gasteiger partial charge in [0.2, 0.25) is 5.75 Å². The van der Waals surface area contributed by atoms with Gasteiger partial charge < -0.3 is 9.84 Å². The summed E-state index contributed by atoms with van der Waals surface area (Å²) in [7, 11) is 0. The molecule has 136 valence electrons. The van der Waals surface area contributed by atoms with E-state index < -0.39 is 22.3 Å². The molecule has 1 amide bonds. The third kappa shape index (κ3) is 5.51. The Balaban J connectivity index is 1.98. The summed E-state index contributed by atoms with van der Waals surface area (Å²) < 4.78 is 7.27. The number of rotatable bonds is 6. The topological polar surface area (TPSA) is 114 Å². The number of carbonyl (C=O) groups is 1. The van der Waals surface area contributed by atoms with Gasteiger partial charge in [-0.25, -0.2) is 5.43 Å². The van der Waals surface area contributed by atoms with Gasteiger partial charge >= 0.3 is 5.69 Å². The second-order valence-electron chi connectivity index (χ2n) is 4.78. The minimum absolute atomic E-state index is 0.0722. The third-order valence-corrected chi connectivity index (χ3v) is 4.50. The smallest absolute Gasteiger partial charge is 0.312 e. The number of nitrogens with one attached hydrogen (secondary N) is 1. The second-order valence-corrected chi connectivity index (χ2v) is 7.46. The number of nitrogens with zero attached hydrogens (tertiary/aromatic N) is 2. The van der Waals surface area contributed by atoms with Gasteiger partial charge in [0.25, 0.3) is 5.91 Å². The van der Waals surface area contributed by atoms with Crippen molar-refractivity contribution in [2.75, 3.05) is 6.61 Å². The van der Waals surface area contributed by atoms with E-state index in [0.717, 1.165) is 16.8 Å². The molecular formula is C15H10Br3N3O5. The van der Waals surface area contributed by atoms with Crippen LogP contribution < -0.4 is 10.2 Å². The Kier molecular flexibility index (Phi) is 7.12. The summed E-state index contributed by atoms with van der Waals surface area (Å²) >= 11 is 9.72. The molecule has 0 aliphatic rings. The van der Waals surface area contributed by atoms with Gasteiger partial charge in [-0.3, -0.25) is 14.9 Å². The van der Waals surface area contributed by atoms with Crippen molar-refractivity contribution < 1.29 is 19.6 Å². The van der Waals surface area contributed by atoms with Crippen LogP contribution in [-0.2, 0) is 4.79 Å². The molecule has 0 radical (unpaired) electrons. The van der Waals surface area contributed by atoms with E-state index in [1.807, 2.05) is 0 Å². The number of nitro groups is 1. The Morgan fingerprint density at radius 1 is 1.27 bits per heavy atom. The predicted molar refractivity (Wildman–Crippen MR) is 106 cm³/mol. The van der Waals surface area contributed by atoms with Crippen molar-refractivity contribution in [3.05, 3.63) is 59.4 Å². The van der Waals surface area contributed by atoms with Gasteiger partial charge in [-0.1, -0.05) is 31.9 Å². The molecule has 2 aromatic rings. The van der Waals surface area contributed by atoms with E-state index in [9.17, 15) is 20.0 Å². The number of hydrogen-bond acceptors (Lipinski definition) is 6. The highest BCUT2D eigenvalue weighted by atomic mass is 79.9. The van der Waals surface area contributed by atoms with Crippen LogP contribution in [0.15, 0.2) is 48.9 Å². The number of hydrogen-bond donors (Lipinski definition) is 2. The lowest BCUT2D eigenvalue weighted by molar-refractivity contribution is -0.385. The Morgan fingerprint density at radius 2 is 2.00 bits per heavy atom. The fraction of sp³-hybridized carbons (Fsp3) is 0.0667. The van der Waals surface area contributed by atoms with Gasteiger partial charge in [0.05, 0.1) is 15.6 Å². The summed E-state index contributed by atoms with van der Waals surface area (Å²) in [5, 5.41) is 24.4. The van der Waals surface area contributed by atoms with Crippen molar-refractivity contribution in [3.63, 3.8) is 0 Å². The normalized spacial score (nSPS) is 10.7. The van der Waals surface area contributed by atoms with Gasteiger partial charge in [0.1, 0.15) is 5.75 Å². The van der Waals surface area contributed by atoms with Gasteiger partial charge in [-0.15, -0.1) is 0 Å².